The van der Waals surface area contributed by atoms with Crippen LogP contribution in [0.2, 0.25) is 10.0 Å². The van der Waals surface area contributed by atoms with Crippen molar-refractivity contribution in [1.29, 1.82) is 0 Å². The molecule has 1 aromatic heterocycles. The van der Waals surface area contributed by atoms with Gasteiger partial charge in [-0.25, -0.2) is 4.39 Å². The van der Waals surface area contributed by atoms with Gasteiger partial charge in [-0.1, -0.05) is 60.7 Å². The van der Waals surface area contributed by atoms with Crippen molar-refractivity contribution in [3.63, 3.8) is 0 Å². The highest BCUT2D eigenvalue weighted by molar-refractivity contribution is 7.21. The van der Waals surface area contributed by atoms with Crippen molar-refractivity contribution in [2.24, 2.45) is 5.73 Å². The molecule has 0 bridgehead atoms. The second-order valence-corrected chi connectivity index (χ2v) is 10.2. The van der Waals surface area contributed by atoms with Gasteiger partial charge in [0.05, 0.1) is 14.7 Å². The van der Waals surface area contributed by atoms with Crippen LogP contribution in [0.5, 0.6) is 0 Å². The fraction of sp³-hybridized carbons (Fsp3) is 0.296. The topological polar surface area (TPSA) is 64.8 Å². The van der Waals surface area contributed by atoms with E-state index in [0.717, 1.165) is 54.6 Å². The molecule has 2 aliphatic rings. The van der Waals surface area contributed by atoms with Crippen LogP contribution in [0.1, 0.15) is 52.9 Å². The van der Waals surface area contributed by atoms with Crippen LogP contribution in [0.25, 0.3) is 15.8 Å². The fourth-order valence-corrected chi connectivity index (χ4v) is 6.43. The number of hydrogen-bond donors (Lipinski definition) is 1. The molecule has 1 amide bonds. The summed E-state index contributed by atoms with van der Waals surface area (Å²) in [5.74, 6) is -0.0322. The van der Waals surface area contributed by atoms with Gasteiger partial charge in [0.2, 0.25) is 0 Å². The quantitative estimate of drug-likeness (QED) is 0.354. The smallest absolute Gasteiger partial charge is 0.266 e. The molecule has 0 unspecified atom stereocenters. The van der Waals surface area contributed by atoms with Gasteiger partial charge in [-0.3, -0.25) is 4.79 Å². The Morgan fingerprint density at radius 3 is 2.61 bits per heavy atom. The molecule has 1 fully saturated rings. The standard InChI is InChI=1S/C26H22Cl2FNO3S.CH5N/c27-19-9-10-20(29)24-22(19)23(28)25(34-24)26(31)30(18-7-2-1-3-8-18)14-16-5-4-6-17(13-16)21-15-32-11-12-33-21;1-2/h4-6,9-13,15,18H,1-3,7-8,14H2;2H2,1H3. The summed E-state index contributed by atoms with van der Waals surface area (Å²) >= 11 is 14.0. The van der Waals surface area contributed by atoms with E-state index in [2.05, 4.69) is 5.73 Å². The lowest BCUT2D eigenvalue weighted by molar-refractivity contribution is 0.0619. The van der Waals surface area contributed by atoms with E-state index >= 15 is 0 Å². The number of halogens is 3. The van der Waals surface area contributed by atoms with Gasteiger partial charge in [0.25, 0.3) is 5.91 Å². The Morgan fingerprint density at radius 1 is 1.14 bits per heavy atom. The molecular formula is C27H27Cl2FN2O3S. The Labute approximate surface area is 223 Å². The van der Waals surface area contributed by atoms with E-state index in [0.29, 0.717) is 32.3 Å². The first kappa shape index (κ1) is 26.5. The van der Waals surface area contributed by atoms with Gasteiger partial charge in [0, 0.05) is 23.5 Å². The van der Waals surface area contributed by atoms with Gasteiger partial charge < -0.3 is 20.1 Å². The maximum absolute atomic E-state index is 14.5. The third-order valence-corrected chi connectivity index (χ3v) is 8.21. The van der Waals surface area contributed by atoms with Crippen molar-refractivity contribution in [2.45, 2.75) is 44.7 Å². The fourth-order valence-electron chi connectivity index (χ4n) is 4.54. The van der Waals surface area contributed by atoms with E-state index in [4.69, 9.17) is 32.7 Å². The average Bonchev–Trinajstić information content (AvgIpc) is 3.29. The molecule has 36 heavy (non-hydrogen) atoms. The predicted molar refractivity (Wildman–Crippen MR) is 144 cm³/mol. The largest absolute Gasteiger partial charge is 0.465 e. The molecule has 1 aliphatic carbocycles. The maximum atomic E-state index is 14.5. The first-order valence-corrected chi connectivity index (χ1v) is 13.3. The third-order valence-electron chi connectivity index (χ3n) is 6.22. The zero-order valence-electron chi connectivity index (χ0n) is 19.8. The highest BCUT2D eigenvalue weighted by atomic mass is 35.5. The molecule has 0 atom stereocenters. The van der Waals surface area contributed by atoms with E-state index in [1.807, 2.05) is 29.2 Å². The molecule has 2 N–H and O–H groups in total. The van der Waals surface area contributed by atoms with E-state index in [1.165, 1.54) is 31.7 Å². The number of thiophene rings is 1. The van der Waals surface area contributed by atoms with E-state index in [-0.39, 0.29) is 17.0 Å². The van der Waals surface area contributed by atoms with E-state index < -0.39 is 5.82 Å². The SMILES string of the molecule is CN.O=C(c1sc2c(F)ccc(Cl)c2c1Cl)N(Cc1cccc(C2=COC=CO2)c1)C1CCCCC1. The van der Waals surface area contributed by atoms with Crippen molar-refractivity contribution >= 4 is 56.3 Å². The van der Waals surface area contributed by atoms with Crippen LogP contribution < -0.4 is 5.73 Å². The van der Waals surface area contributed by atoms with Crippen LogP contribution in [-0.2, 0) is 16.0 Å². The number of benzene rings is 2. The molecular weight excluding hydrogens is 522 g/mol. The Bertz CT molecular complexity index is 1300. The molecule has 0 radical (unpaired) electrons. The van der Waals surface area contributed by atoms with Crippen LogP contribution in [0.4, 0.5) is 4.39 Å². The number of fused-ring (bicyclic) bond motifs is 1. The zero-order valence-corrected chi connectivity index (χ0v) is 22.1. The molecule has 9 heteroatoms. The van der Waals surface area contributed by atoms with Crippen LogP contribution >= 0.6 is 34.5 Å². The van der Waals surface area contributed by atoms with Crippen molar-refractivity contribution in [2.75, 3.05) is 7.05 Å². The summed E-state index contributed by atoms with van der Waals surface area (Å²) in [4.78, 5) is 16.1. The number of nitrogens with zero attached hydrogens (tertiary/aromatic N) is 1. The third kappa shape index (κ3) is 5.54. The van der Waals surface area contributed by atoms with Crippen LogP contribution in [0.15, 0.2) is 55.2 Å². The minimum atomic E-state index is -0.431. The van der Waals surface area contributed by atoms with Gasteiger partial charge in [0.15, 0.2) is 5.76 Å². The van der Waals surface area contributed by atoms with Crippen molar-refractivity contribution in [1.82, 2.24) is 4.90 Å². The first-order valence-electron chi connectivity index (χ1n) is 11.7. The Kier molecular flexibility index (Phi) is 8.90. The van der Waals surface area contributed by atoms with Gasteiger partial charge >= 0.3 is 0 Å². The molecule has 2 heterocycles. The summed E-state index contributed by atoms with van der Waals surface area (Å²) in [7, 11) is 1.50. The molecule has 3 aromatic rings. The minimum absolute atomic E-state index is 0.0860. The van der Waals surface area contributed by atoms with E-state index in [1.54, 1.807) is 6.26 Å². The summed E-state index contributed by atoms with van der Waals surface area (Å²) in [5.41, 5.74) is 6.31. The first-order chi connectivity index (χ1) is 17.5. The van der Waals surface area contributed by atoms with Crippen molar-refractivity contribution in [3.8, 4) is 0 Å². The lowest BCUT2D eigenvalue weighted by Gasteiger charge is -2.34. The summed E-state index contributed by atoms with van der Waals surface area (Å²) < 4.78 is 25.6. The number of ether oxygens (including phenoxy) is 2. The van der Waals surface area contributed by atoms with Gasteiger partial charge in [0.1, 0.15) is 29.5 Å². The Hall–Kier alpha value is -2.58. The molecule has 1 saturated carbocycles. The minimum Gasteiger partial charge on any atom is -0.465 e. The summed E-state index contributed by atoms with van der Waals surface area (Å²) in [5, 5.41) is 0.955. The second kappa shape index (κ2) is 12.1. The molecule has 1 aliphatic heterocycles. The highest BCUT2D eigenvalue weighted by Crippen LogP contribution is 2.42. The zero-order chi connectivity index (χ0) is 25.7. The molecule has 2 aromatic carbocycles. The monoisotopic (exact) mass is 548 g/mol. The summed E-state index contributed by atoms with van der Waals surface area (Å²) in [6.07, 6.45) is 9.63. The number of amides is 1. The van der Waals surface area contributed by atoms with E-state index in [9.17, 15) is 9.18 Å². The van der Waals surface area contributed by atoms with Crippen LogP contribution in [0, 0.1) is 5.82 Å². The predicted octanol–water partition coefficient (Wildman–Crippen LogP) is 7.71. The summed E-state index contributed by atoms with van der Waals surface area (Å²) in [6, 6.07) is 10.7. The lowest BCUT2D eigenvalue weighted by Crippen LogP contribution is -2.40. The number of carbonyl (C=O) groups is 1. The molecule has 0 saturated heterocycles. The normalized spacial score (nSPS) is 15.4. The lowest BCUT2D eigenvalue weighted by atomic mass is 9.93. The second-order valence-electron chi connectivity index (χ2n) is 8.41. The van der Waals surface area contributed by atoms with Gasteiger partial charge in [-0.05, 0) is 43.7 Å². The molecule has 190 valence electrons. The van der Waals surface area contributed by atoms with Crippen molar-refractivity contribution < 1.29 is 18.7 Å². The van der Waals surface area contributed by atoms with Crippen LogP contribution in [0.3, 0.4) is 0 Å². The molecule has 5 rings (SSSR count). The number of carbonyl (C=O) groups excluding carboxylic acids is 1. The molecule has 5 nitrogen and oxygen atoms in total. The van der Waals surface area contributed by atoms with Gasteiger partial charge in [-0.15, -0.1) is 11.3 Å². The summed E-state index contributed by atoms with van der Waals surface area (Å²) in [6.45, 7) is 0.405. The number of rotatable bonds is 5. The maximum Gasteiger partial charge on any atom is 0.266 e. The van der Waals surface area contributed by atoms with Crippen molar-refractivity contribution in [3.05, 3.63) is 87.1 Å². The Balaban J connectivity index is 0.00000148. The number of hydrogen-bond acceptors (Lipinski definition) is 5. The van der Waals surface area contributed by atoms with Gasteiger partial charge in [-0.2, -0.15) is 0 Å². The average molecular weight is 549 g/mol. The van der Waals surface area contributed by atoms with Crippen LogP contribution in [-0.4, -0.2) is 23.9 Å². The Morgan fingerprint density at radius 2 is 1.92 bits per heavy atom. The number of nitrogens with two attached hydrogens (primary N) is 1. The molecule has 0 spiro atoms. The highest BCUT2D eigenvalue weighted by Gasteiger charge is 2.30.